The standard InChI is InChI=1S/C14H32N2.2HI/c1-15(2,3)11-7-6-8-14-9-12-16(4,5)13-10-14;;/h14H,6-13H2,1-5H3;2*1H/q+2;;/p-2. The summed E-state index contributed by atoms with van der Waals surface area (Å²) >= 11 is 0. The van der Waals surface area contributed by atoms with Gasteiger partial charge in [-0.3, -0.25) is 0 Å². The SMILES string of the molecule is C[N+](C)(C)CCCCC1CC[N+](C)(C)CC1.[I-].[I-]. The molecule has 112 valence electrons. The number of hydrogen-bond acceptors (Lipinski definition) is 0. The van der Waals surface area contributed by atoms with Crippen molar-refractivity contribution in [3.63, 3.8) is 0 Å². The van der Waals surface area contributed by atoms with E-state index in [4.69, 9.17) is 0 Å². The Bertz CT molecular complexity index is 202. The fourth-order valence-corrected chi connectivity index (χ4v) is 2.63. The van der Waals surface area contributed by atoms with Crippen LogP contribution in [0.4, 0.5) is 0 Å². The van der Waals surface area contributed by atoms with Crippen LogP contribution in [0, 0.1) is 5.92 Å². The summed E-state index contributed by atoms with van der Waals surface area (Å²) in [5.74, 6) is 1.03. The molecule has 1 saturated heterocycles. The second-order valence-corrected chi connectivity index (χ2v) is 7.34. The van der Waals surface area contributed by atoms with Crippen LogP contribution in [0.25, 0.3) is 0 Å². The average molecular weight is 482 g/mol. The van der Waals surface area contributed by atoms with Crippen LogP contribution in [0.3, 0.4) is 0 Å². The molecular weight excluding hydrogens is 450 g/mol. The lowest BCUT2D eigenvalue weighted by molar-refractivity contribution is -0.896. The zero-order chi connectivity index (χ0) is 12.2. The maximum atomic E-state index is 2.37. The van der Waals surface area contributed by atoms with Crippen LogP contribution in [0.5, 0.6) is 0 Å². The Morgan fingerprint density at radius 3 is 1.89 bits per heavy atom. The zero-order valence-electron chi connectivity index (χ0n) is 12.9. The first-order valence-corrected chi connectivity index (χ1v) is 6.91. The maximum absolute atomic E-state index is 2.37. The van der Waals surface area contributed by atoms with Crippen LogP contribution in [0.15, 0.2) is 0 Å². The summed E-state index contributed by atoms with van der Waals surface area (Å²) in [5.41, 5.74) is 0. The lowest BCUT2D eigenvalue weighted by atomic mass is 9.91. The third-order valence-corrected chi connectivity index (χ3v) is 3.98. The summed E-state index contributed by atoms with van der Waals surface area (Å²) in [6.45, 7) is 4.11. The number of quaternary nitrogens is 2. The van der Waals surface area contributed by atoms with Crippen molar-refractivity contribution in [1.29, 1.82) is 0 Å². The highest BCUT2D eigenvalue weighted by Gasteiger charge is 2.25. The molecule has 1 rings (SSSR count). The molecule has 0 aliphatic carbocycles. The van der Waals surface area contributed by atoms with Crippen LogP contribution >= 0.6 is 0 Å². The molecule has 0 aromatic heterocycles. The maximum Gasteiger partial charge on any atom is 0.0785 e. The number of nitrogens with zero attached hydrogens (tertiary/aromatic N) is 2. The van der Waals surface area contributed by atoms with Crippen molar-refractivity contribution >= 4 is 0 Å². The minimum absolute atomic E-state index is 0. The first-order chi connectivity index (χ1) is 7.29. The monoisotopic (exact) mass is 482 g/mol. The summed E-state index contributed by atoms with van der Waals surface area (Å²) in [6.07, 6.45) is 7.22. The summed E-state index contributed by atoms with van der Waals surface area (Å²) in [4.78, 5) is 0. The van der Waals surface area contributed by atoms with Gasteiger partial charge in [-0.2, -0.15) is 0 Å². The molecule has 0 radical (unpaired) electrons. The summed E-state index contributed by atoms with van der Waals surface area (Å²) in [5, 5.41) is 0. The Hall–Kier alpha value is 1.38. The molecule has 2 nitrogen and oxygen atoms in total. The van der Waals surface area contributed by atoms with E-state index < -0.39 is 0 Å². The summed E-state index contributed by atoms with van der Waals surface area (Å²) in [6, 6.07) is 0. The molecule has 1 aliphatic rings. The van der Waals surface area contributed by atoms with Gasteiger partial charge in [0.25, 0.3) is 0 Å². The molecule has 4 heteroatoms. The van der Waals surface area contributed by atoms with Crippen LogP contribution in [-0.2, 0) is 0 Å². The Morgan fingerprint density at radius 2 is 1.44 bits per heavy atom. The van der Waals surface area contributed by atoms with E-state index in [1.807, 2.05) is 0 Å². The Balaban J connectivity index is 0. The van der Waals surface area contributed by atoms with E-state index in [0.717, 1.165) is 10.4 Å². The normalized spacial score (nSPS) is 19.8. The molecular formula is C14H32I2N2. The van der Waals surface area contributed by atoms with Crippen molar-refractivity contribution in [1.82, 2.24) is 0 Å². The van der Waals surface area contributed by atoms with E-state index in [9.17, 15) is 0 Å². The van der Waals surface area contributed by atoms with Gasteiger partial charge in [0.15, 0.2) is 0 Å². The number of halogens is 2. The van der Waals surface area contributed by atoms with Gasteiger partial charge in [0.2, 0.25) is 0 Å². The first kappa shape index (κ1) is 21.7. The van der Waals surface area contributed by atoms with Gasteiger partial charge < -0.3 is 56.9 Å². The number of likely N-dealkylation sites (tertiary alicyclic amines) is 1. The smallest absolute Gasteiger partial charge is 0.0785 e. The van der Waals surface area contributed by atoms with Crippen molar-refractivity contribution in [3.05, 3.63) is 0 Å². The Labute approximate surface area is 149 Å². The van der Waals surface area contributed by atoms with Crippen LogP contribution in [0.2, 0.25) is 0 Å². The van der Waals surface area contributed by atoms with Crippen molar-refractivity contribution in [2.45, 2.75) is 32.1 Å². The number of hydrogen-bond donors (Lipinski definition) is 0. The van der Waals surface area contributed by atoms with Gasteiger partial charge in [-0.25, -0.2) is 0 Å². The molecule has 0 bridgehead atoms. The molecule has 0 unspecified atom stereocenters. The van der Waals surface area contributed by atoms with Crippen LogP contribution in [-0.4, -0.2) is 63.8 Å². The minimum Gasteiger partial charge on any atom is -1.00 e. The number of unbranched alkanes of at least 4 members (excludes halogenated alkanes) is 1. The third kappa shape index (κ3) is 10.2. The number of piperidine rings is 1. The molecule has 18 heavy (non-hydrogen) atoms. The van der Waals surface area contributed by atoms with Crippen LogP contribution < -0.4 is 48.0 Å². The molecule has 1 aliphatic heterocycles. The van der Waals surface area contributed by atoms with Gasteiger partial charge in [0.1, 0.15) is 0 Å². The van der Waals surface area contributed by atoms with Crippen molar-refractivity contribution in [3.8, 4) is 0 Å². The number of rotatable bonds is 5. The lowest BCUT2D eigenvalue weighted by Crippen LogP contribution is -3.00. The molecule has 0 N–H and O–H groups in total. The topological polar surface area (TPSA) is 0 Å². The second kappa shape index (κ2) is 9.34. The van der Waals surface area contributed by atoms with Gasteiger partial charge in [-0.15, -0.1) is 0 Å². The fourth-order valence-electron chi connectivity index (χ4n) is 2.63. The van der Waals surface area contributed by atoms with Gasteiger partial charge in [0, 0.05) is 0 Å². The minimum atomic E-state index is 0. The lowest BCUT2D eigenvalue weighted by Gasteiger charge is -2.37. The van der Waals surface area contributed by atoms with Gasteiger partial charge in [-0.05, 0) is 38.0 Å². The molecule has 0 spiro atoms. The zero-order valence-corrected chi connectivity index (χ0v) is 17.2. The summed E-state index contributed by atoms with van der Waals surface area (Å²) in [7, 11) is 11.6. The Kier molecular flexibility index (Phi) is 11.2. The van der Waals surface area contributed by atoms with E-state index >= 15 is 0 Å². The van der Waals surface area contributed by atoms with E-state index in [1.54, 1.807) is 0 Å². The molecule has 0 amide bonds. The molecule has 0 aromatic carbocycles. The predicted octanol–water partition coefficient (Wildman–Crippen LogP) is -3.64. The molecule has 0 aromatic rings. The highest BCUT2D eigenvalue weighted by molar-refractivity contribution is 4.64. The molecule has 1 fully saturated rings. The average Bonchev–Trinajstić information content (AvgIpc) is 2.13. The van der Waals surface area contributed by atoms with Crippen molar-refractivity contribution < 1.29 is 56.9 Å². The van der Waals surface area contributed by atoms with E-state index in [2.05, 4.69) is 35.2 Å². The largest absolute Gasteiger partial charge is 1.00 e. The molecule has 0 saturated carbocycles. The molecule has 0 atom stereocenters. The fraction of sp³-hybridized carbons (Fsp3) is 1.00. The second-order valence-electron chi connectivity index (χ2n) is 7.34. The van der Waals surface area contributed by atoms with Crippen molar-refractivity contribution in [2.75, 3.05) is 54.9 Å². The molecule has 1 heterocycles. The predicted molar refractivity (Wildman–Crippen MR) is 71.3 cm³/mol. The van der Waals surface area contributed by atoms with E-state index in [0.29, 0.717) is 0 Å². The summed E-state index contributed by atoms with van der Waals surface area (Å²) < 4.78 is 2.37. The van der Waals surface area contributed by atoms with Gasteiger partial charge in [0.05, 0.1) is 54.9 Å². The van der Waals surface area contributed by atoms with Crippen molar-refractivity contribution in [2.24, 2.45) is 5.92 Å². The third-order valence-electron chi connectivity index (χ3n) is 3.98. The first-order valence-electron chi connectivity index (χ1n) is 6.91. The van der Waals surface area contributed by atoms with E-state index in [1.165, 1.54) is 56.2 Å². The highest BCUT2D eigenvalue weighted by Crippen LogP contribution is 2.24. The highest BCUT2D eigenvalue weighted by atomic mass is 127. The van der Waals surface area contributed by atoms with Gasteiger partial charge >= 0.3 is 0 Å². The Morgan fingerprint density at radius 1 is 0.944 bits per heavy atom. The van der Waals surface area contributed by atoms with Gasteiger partial charge in [-0.1, -0.05) is 0 Å². The van der Waals surface area contributed by atoms with E-state index in [-0.39, 0.29) is 48.0 Å². The van der Waals surface area contributed by atoms with Crippen LogP contribution in [0.1, 0.15) is 32.1 Å². The quantitative estimate of drug-likeness (QED) is 0.216.